The normalized spacial score (nSPS) is 22.9. The average molecular weight is 267 g/mol. The Hall–Kier alpha value is -1.65. The summed E-state index contributed by atoms with van der Waals surface area (Å²) in [4.78, 5) is 28.2. The van der Waals surface area contributed by atoms with Crippen LogP contribution in [0.5, 0.6) is 0 Å². The van der Waals surface area contributed by atoms with Gasteiger partial charge in [-0.25, -0.2) is 4.79 Å². The van der Waals surface area contributed by atoms with Gasteiger partial charge in [0.25, 0.3) is 0 Å². The Bertz CT molecular complexity index is 437. The molecule has 0 aliphatic carbocycles. The van der Waals surface area contributed by atoms with Crippen LogP contribution in [0.25, 0.3) is 0 Å². The second-order valence-corrected chi connectivity index (χ2v) is 4.64. The van der Waals surface area contributed by atoms with E-state index < -0.39 is 11.9 Å². The van der Waals surface area contributed by atoms with Crippen molar-refractivity contribution >= 4 is 17.7 Å². The zero-order chi connectivity index (χ0) is 14.6. The smallest absolute Gasteiger partial charge is 0.335 e. The van der Waals surface area contributed by atoms with E-state index in [1.165, 1.54) is 14.2 Å². The highest BCUT2D eigenvalue weighted by Gasteiger charge is 2.40. The Morgan fingerprint density at radius 2 is 1.84 bits per heavy atom. The first-order valence-electron chi connectivity index (χ1n) is 6.39. The fourth-order valence-electron chi connectivity index (χ4n) is 2.61. The molecule has 5 nitrogen and oxygen atoms in total. The molecule has 19 heavy (non-hydrogen) atoms. The first kappa shape index (κ1) is 15.4. The highest BCUT2D eigenvalue weighted by molar-refractivity contribution is 6.05. The minimum absolute atomic E-state index is 0.220. The van der Waals surface area contributed by atoms with Crippen molar-refractivity contribution < 1.29 is 19.1 Å². The molecule has 0 spiro atoms. The van der Waals surface area contributed by atoms with Crippen LogP contribution >= 0.6 is 0 Å². The molecule has 2 atom stereocenters. The Labute approximate surface area is 113 Å². The van der Waals surface area contributed by atoms with Crippen LogP contribution in [0.4, 0.5) is 0 Å². The number of carbonyl (C=O) groups is 2. The summed E-state index contributed by atoms with van der Waals surface area (Å²) in [5.74, 6) is -1.49. The number of ether oxygens (including phenoxy) is 2. The molecular formula is C14H21NO4. The zero-order valence-electron chi connectivity index (χ0n) is 12.1. The summed E-state index contributed by atoms with van der Waals surface area (Å²) in [6.07, 6.45) is 1.58. The molecule has 1 heterocycles. The maximum Gasteiger partial charge on any atom is 0.335 e. The number of carbonyl (C=O) groups excluding carboxylic acids is 2. The maximum atomic E-state index is 11.9. The van der Waals surface area contributed by atoms with Gasteiger partial charge in [0.05, 0.1) is 19.8 Å². The van der Waals surface area contributed by atoms with E-state index in [1.807, 2.05) is 6.92 Å². The van der Waals surface area contributed by atoms with Crippen LogP contribution in [0.15, 0.2) is 16.3 Å². The highest BCUT2D eigenvalue weighted by atomic mass is 16.5. The van der Waals surface area contributed by atoms with Crippen molar-refractivity contribution in [3.63, 3.8) is 0 Å². The second kappa shape index (κ2) is 6.50. The van der Waals surface area contributed by atoms with Gasteiger partial charge in [0.2, 0.25) is 0 Å². The van der Waals surface area contributed by atoms with Crippen LogP contribution in [0, 0.1) is 11.8 Å². The van der Waals surface area contributed by atoms with E-state index in [2.05, 4.69) is 4.99 Å². The SMILES string of the molecule is CCCC1C(C(=O)OC)=C(C)N=C(C)C1C(=O)OC. The zero-order valence-corrected chi connectivity index (χ0v) is 12.1. The number of hydrogen-bond donors (Lipinski definition) is 0. The molecule has 0 saturated carbocycles. The van der Waals surface area contributed by atoms with Gasteiger partial charge in [0.15, 0.2) is 0 Å². The monoisotopic (exact) mass is 267 g/mol. The molecule has 0 aromatic carbocycles. The lowest BCUT2D eigenvalue weighted by molar-refractivity contribution is -0.144. The lowest BCUT2D eigenvalue weighted by atomic mass is 9.77. The third-order valence-corrected chi connectivity index (χ3v) is 3.42. The van der Waals surface area contributed by atoms with Crippen molar-refractivity contribution in [1.29, 1.82) is 0 Å². The van der Waals surface area contributed by atoms with Gasteiger partial charge in [0.1, 0.15) is 5.92 Å². The molecule has 5 heteroatoms. The lowest BCUT2D eigenvalue weighted by Gasteiger charge is -2.30. The van der Waals surface area contributed by atoms with Gasteiger partial charge in [-0.1, -0.05) is 13.3 Å². The van der Waals surface area contributed by atoms with Crippen molar-refractivity contribution in [3.05, 3.63) is 11.3 Å². The van der Waals surface area contributed by atoms with E-state index in [1.54, 1.807) is 13.8 Å². The Morgan fingerprint density at radius 1 is 1.21 bits per heavy atom. The molecule has 0 bridgehead atoms. The van der Waals surface area contributed by atoms with Gasteiger partial charge in [0, 0.05) is 17.3 Å². The molecule has 106 valence electrons. The summed E-state index contributed by atoms with van der Waals surface area (Å²) in [5.41, 5.74) is 1.81. The maximum absolute atomic E-state index is 11.9. The minimum atomic E-state index is -0.497. The molecule has 1 aliphatic rings. The van der Waals surface area contributed by atoms with E-state index in [0.717, 1.165) is 6.42 Å². The van der Waals surface area contributed by atoms with Crippen molar-refractivity contribution in [1.82, 2.24) is 0 Å². The lowest BCUT2D eigenvalue weighted by Crippen LogP contribution is -2.37. The molecule has 0 N–H and O–H groups in total. The fourth-order valence-corrected chi connectivity index (χ4v) is 2.61. The second-order valence-electron chi connectivity index (χ2n) is 4.64. The highest BCUT2D eigenvalue weighted by Crippen LogP contribution is 2.35. The number of esters is 2. The average Bonchev–Trinajstić information content (AvgIpc) is 2.37. The fraction of sp³-hybridized carbons (Fsp3) is 0.643. The van der Waals surface area contributed by atoms with Gasteiger partial charge in [-0.3, -0.25) is 9.79 Å². The number of allylic oxidation sites excluding steroid dienone is 1. The van der Waals surface area contributed by atoms with Crippen LogP contribution in [0.1, 0.15) is 33.6 Å². The molecule has 2 unspecified atom stereocenters. The first-order chi connectivity index (χ1) is 8.97. The number of rotatable bonds is 4. The van der Waals surface area contributed by atoms with Crippen LogP contribution in [0.2, 0.25) is 0 Å². The van der Waals surface area contributed by atoms with Gasteiger partial charge >= 0.3 is 11.9 Å². The predicted octanol–water partition coefficient (Wildman–Crippen LogP) is 2.11. The number of methoxy groups -OCH3 is 2. The number of hydrogen-bond acceptors (Lipinski definition) is 5. The quantitative estimate of drug-likeness (QED) is 0.732. The van der Waals surface area contributed by atoms with Gasteiger partial charge < -0.3 is 9.47 Å². The van der Waals surface area contributed by atoms with Gasteiger partial charge in [-0.05, 0) is 20.3 Å². The molecule has 0 amide bonds. The van der Waals surface area contributed by atoms with E-state index >= 15 is 0 Å². The molecule has 0 saturated heterocycles. The van der Waals surface area contributed by atoms with Crippen LogP contribution < -0.4 is 0 Å². The summed E-state index contributed by atoms with van der Waals surface area (Å²) >= 11 is 0. The topological polar surface area (TPSA) is 65.0 Å². The van der Waals surface area contributed by atoms with Crippen LogP contribution in [0.3, 0.4) is 0 Å². The summed E-state index contributed by atoms with van der Waals surface area (Å²) < 4.78 is 9.65. The molecule has 0 fully saturated rings. The molecule has 0 aromatic rings. The third-order valence-electron chi connectivity index (χ3n) is 3.42. The Kier molecular flexibility index (Phi) is 5.27. The minimum Gasteiger partial charge on any atom is -0.468 e. The Balaban J connectivity index is 3.28. The molecule has 0 radical (unpaired) electrons. The summed E-state index contributed by atoms with van der Waals surface area (Å²) in [6.45, 7) is 5.58. The van der Waals surface area contributed by atoms with E-state index in [9.17, 15) is 9.59 Å². The van der Waals surface area contributed by atoms with Gasteiger partial charge in [-0.2, -0.15) is 0 Å². The number of nitrogens with zero attached hydrogens (tertiary/aromatic N) is 1. The van der Waals surface area contributed by atoms with E-state index in [4.69, 9.17) is 9.47 Å². The third kappa shape index (κ3) is 3.03. The Morgan fingerprint density at radius 3 is 2.32 bits per heavy atom. The van der Waals surface area contributed by atoms with Crippen LogP contribution in [-0.4, -0.2) is 31.9 Å². The largest absolute Gasteiger partial charge is 0.468 e. The summed E-state index contributed by atoms with van der Waals surface area (Å²) in [5, 5.41) is 0. The van der Waals surface area contributed by atoms with Crippen molar-refractivity contribution in [3.8, 4) is 0 Å². The summed E-state index contributed by atoms with van der Waals surface area (Å²) in [6, 6.07) is 0. The van der Waals surface area contributed by atoms with Crippen molar-refractivity contribution in [2.24, 2.45) is 16.8 Å². The summed E-state index contributed by atoms with van der Waals surface area (Å²) in [7, 11) is 2.69. The first-order valence-corrected chi connectivity index (χ1v) is 6.39. The predicted molar refractivity (Wildman–Crippen MR) is 71.7 cm³/mol. The molecule has 0 aromatic heterocycles. The van der Waals surface area contributed by atoms with Crippen LogP contribution in [-0.2, 0) is 19.1 Å². The van der Waals surface area contributed by atoms with Gasteiger partial charge in [-0.15, -0.1) is 0 Å². The molecule has 1 aliphatic heterocycles. The van der Waals surface area contributed by atoms with E-state index in [-0.39, 0.29) is 11.9 Å². The molecular weight excluding hydrogens is 246 g/mol. The number of aliphatic imine (C=N–C) groups is 1. The standard InChI is InChI=1S/C14H21NO4/c1-6-7-10-11(13(16)18-4)8(2)15-9(3)12(10)14(17)19-5/h10-11H,6-7H2,1-5H3. The van der Waals surface area contributed by atoms with Crippen molar-refractivity contribution in [2.75, 3.05) is 14.2 Å². The van der Waals surface area contributed by atoms with Crippen molar-refractivity contribution in [2.45, 2.75) is 33.6 Å². The molecule has 1 rings (SSSR count). The van der Waals surface area contributed by atoms with E-state index in [0.29, 0.717) is 23.4 Å².